The van der Waals surface area contributed by atoms with Crippen molar-refractivity contribution in [3.63, 3.8) is 0 Å². The van der Waals surface area contributed by atoms with E-state index in [9.17, 15) is 5.11 Å². The van der Waals surface area contributed by atoms with Crippen molar-refractivity contribution in [3.05, 3.63) is 0 Å². The van der Waals surface area contributed by atoms with E-state index in [0.29, 0.717) is 32.4 Å². The van der Waals surface area contributed by atoms with Crippen LogP contribution < -0.4 is 5.32 Å². The standard InChI is InChI=1S/C14H30N2O3/c1-13(11-16-6-4-3-5-7-16)15-10-14(17)12-19-9-8-18-2/h13-15,17H,3-12H2,1-2H3. The number of likely N-dealkylation sites (tertiary alicyclic amines) is 1. The fourth-order valence-electron chi connectivity index (χ4n) is 2.35. The van der Waals surface area contributed by atoms with Crippen LogP contribution in [0.2, 0.25) is 0 Å². The Morgan fingerprint density at radius 2 is 1.95 bits per heavy atom. The molecule has 0 saturated carbocycles. The molecule has 0 aromatic heterocycles. The lowest BCUT2D eigenvalue weighted by atomic mass is 10.1. The first kappa shape index (κ1) is 16.9. The summed E-state index contributed by atoms with van der Waals surface area (Å²) in [5.41, 5.74) is 0. The average Bonchev–Trinajstić information content (AvgIpc) is 2.42. The molecule has 1 rings (SSSR count). The van der Waals surface area contributed by atoms with Crippen LogP contribution in [-0.2, 0) is 9.47 Å². The van der Waals surface area contributed by atoms with Gasteiger partial charge >= 0.3 is 0 Å². The van der Waals surface area contributed by atoms with Crippen LogP contribution in [0.4, 0.5) is 0 Å². The Kier molecular flexibility index (Phi) is 9.38. The van der Waals surface area contributed by atoms with Crippen molar-refractivity contribution in [1.29, 1.82) is 0 Å². The van der Waals surface area contributed by atoms with Crippen molar-refractivity contribution in [2.75, 3.05) is 53.1 Å². The predicted octanol–water partition coefficient (Wildman–Crippen LogP) is 0.474. The van der Waals surface area contributed by atoms with Gasteiger partial charge < -0.3 is 24.8 Å². The maximum Gasteiger partial charge on any atom is 0.0897 e. The maximum atomic E-state index is 9.76. The zero-order valence-electron chi connectivity index (χ0n) is 12.4. The third kappa shape index (κ3) is 8.55. The molecule has 0 aromatic rings. The Morgan fingerprint density at radius 3 is 2.63 bits per heavy atom. The largest absolute Gasteiger partial charge is 0.389 e. The zero-order valence-corrected chi connectivity index (χ0v) is 12.4. The minimum absolute atomic E-state index is 0.368. The van der Waals surface area contributed by atoms with Gasteiger partial charge in [0.1, 0.15) is 0 Å². The Labute approximate surface area is 117 Å². The third-order valence-corrected chi connectivity index (χ3v) is 3.42. The Hall–Kier alpha value is -0.200. The van der Waals surface area contributed by atoms with Crippen molar-refractivity contribution in [1.82, 2.24) is 10.2 Å². The molecule has 0 aliphatic carbocycles. The van der Waals surface area contributed by atoms with E-state index in [4.69, 9.17) is 9.47 Å². The van der Waals surface area contributed by atoms with Crippen LogP contribution in [0.1, 0.15) is 26.2 Å². The second-order valence-electron chi connectivity index (χ2n) is 5.39. The number of aliphatic hydroxyl groups is 1. The molecule has 2 unspecified atom stereocenters. The Morgan fingerprint density at radius 1 is 1.21 bits per heavy atom. The van der Waals surface area contributed by atoms with Crippen LogP contribution in [0, 0.1) is 0 Å². The van der Waals surface area contributed by atoms with Gasteiger partial charge in [-0.3, -0.25) is 0 Å². The minimum atomic E-state index is -0.444. The fraction of sp³-hybridized carbons (Fsp3) is 1.00. The molecule has 1 fully saturated rings. The highest BCUT2D eigenvalue weighted by Crippen LogP contribution is 2.08. The summed E-state index contributed by atoms with van der Waals surface area (Å²) in [6.45, 7) is 7.74. The molecule has 0 aromatic carbocycles. The van der Waals surface area contributed by atoms with E-state index in [1.54, 1.807) is 7.11 Å². The summed E-state index contributed by atoms with van der Waals surface area (Å²) in [5.74, 6) is 0. The normalized spacial score (nSPS) is 20.4. The highest BCUT2D eigenvalue weighted by molar-refractivity contribution is 4.72. The van der Waals surface area contributed by atoms with Crippen LogP contribution in [-0.4, -0.2) is 75.3 Å². The SMILES string of the molecule is COCCOCC(O)CNC(C)CN1CCCCC1. The molecule has 0 radical (unpaired) electrons. The topological polar surface area (TPSA) is 54.0 Å². The Bertz CT molecular complexity index is 211. The lowest BCUT2D eigenvalue weighted by Crippen LogP contribution is -2.44. The van der Waals surface area contributed by atoms with E-state index in [1.807, 2.05) is 0 Å². The van der Waals surface area contributed by atoms with Crippen LogP contribution in [0.25, 0.3) is 0 Å². The van der Waals surface area contributed by atoms with Gasteiger partial charge in [-0.05, 0) is 32.9 Å². The smallest absolute Gasteiger partial charge is 0.0897 e. The first-order valence-corrected chi connectivity index (χ1v) is 7.43. The number of hydrogen-bond acceptors (Lipinski definition) is 5. The van der Waals surface area contributed by atoms with Gasteiger partial charge in [0, 0.05) is 26.2 Å². The van der Waals surface area contributed by atoms with E-state index in [1.165, 1.54) is 32.4 Å². The van der Waals surface area contributed by atoms with E-state index in [2.05, 4.69) is 17.1 Å². The summed E-state index contributed by atoms with van der Waals surface area (Å²) in [5, 5.41) is 13.1. The number of hydrogen-bond donors (Lipinski definition) is 2. The summed E-state index contributed by atoms with van der Waals surface area (Å²) in [4.78, 5) is 2.50. The highest BCUT2D eigenvalue weighted by atomic mass is 16.5. The lowest BCUT2D eigenvalue weighted by Gasteiger charge is -2.29. The van der Waals surface area contributed by atoms with E-state index < -0.39 is 6.10 Å². The van der Waals surface area contributed by atoms with E-state index >= 15 is 0 Å². The molecular weight excluding hydrogens is 244 g/mol. The number of rotatable bonds is 10. The van der Waals surface area contributed by atoms with Gasteiger partial charge in [-0.15, -0.1) is 0 Å². The lowest BCUT2D eigenvalue weighted by molar-refractivity contribution is 0.0126. The average molecular weight is 274 g/mol. The number of methoxy groups -OCH3 is 1. The van der Waals surface area contributed by atoms with Crippen molar-refractivity contribution in [3.8, 4) is 0 Å². The van der Waals surface area contributed by atoms with Crippen molar-refractivity contribution in [2.24, 2.45) is 0 Å². The molecule has 1 aliphatic rings. The molecule has 19 heavy (non-hydrogen) atoms. The number of nitrogens with zero attached hydrogens (tertiary/aromatic N) is 1. The number of aliphatic hydroxyl groups excluding tert-OH is 1. The molecule has 1 aliphatic heterocycles. The molecule has 0 amide bonds. The van der Waals surface area contributed by atoms with Crippen LogP contribution in [0.5, 0.6) is 0 Å². The van der Waals surface area contributed by atoms with Gasteiger partial charge in [-0.1, -0.05) is 6.42 Å². The summed E-state index contributed by atoms with van der Waals surface area (Å²) in [6, 6.07) is 0.409. The van der Waals surface area contributed by atoms with Gasteiger partial charge in [0.05, 0.1) is 25.9 Å². The first-order valence-electron chi connectivity index (χ1n) is 7.43. The summed E-state index contributed by atoms with van der Waals surface area (Å²) in [6.07, 6.45) is 3.57. The molecule has 0 spiro atoms. The fourth-order valence-corrected chi connectivity index (χ4v) is 2.35. The second kappa shape index (κ2) is 10.6. The molecule has 2 atom stereocenters. The monoisotopic (exact) mass is 274 g/mol. The molecule has 114 valence electrons. The Balaban J connectivity index is 2.00. The van der Waals surface area contributed by atoms with Crippen molar-refractivity contribution >= 4 is 0 Å². The molecule has 5 nitrogen and oxygen atoms in total. The molecule has 1 heterocycles. The first-order chi connectivity index (χ1) is 9.22. The van der Waals surface area contributed by atoms with Gasteiger partial charge in [0.15, 0.2) is 0 Å². The highest BCUT2D eigenvalue weighted by Gasteiger charge is 2.14. The molecule has 0 bridgehead atoms. The predicted molar refractivity (Wildman–Crippen MR) is 76.5 cm³/mol. The number of piperidine rings is 1. The second-order valence-corrected chi connectivity index (χ2v) is 5.39. The van der Waals surface area contributed by atoms with E-state index in [-0.39, 0.29) is 0 Å². The van der Waals surface area contributed by atoms with Gasteiger partial charge in [0.2, 0.25) is 0 Å². The summed E-state index contributed by atoms with van der Waals surface area (Å²) in [7, 11) is 1.64. The summed E-state index contributed by atoms with van der Waals surface area (Å²) >= 11 is 0. The third-order valence-electron chi connectivity index (χ3n) is 3.42. The van der Waals surface area contributed by atoms with Gasteiger partial charge in [-0.2, -0.15) is 0 Å². The maximum absolute atomic E-state index is 9.76. The zero-order chi connectivity index (χ0) is 13.9. The molecule has 5 heteroatoms. The number of ether oxygens (including phenoxy) is 2. The van der Waals surface area contributed by atoms with Crippen LogP contribution >= 0.6 is 0 Å². The van der Waals surface area contributed by atoms with E-state index in [0.717, 1.165) is 6.54 Å². The van der Waals surface area contributed by atoms with Gasteiger partial charge in [0.25, 0.3) is 0 Å². The van der Waals surface area contributed by atoms with Crippen LogP contribution in [0.15, 0.2) is 0 Å². The molecule has 1 saturated heterocycles. The van der Waals surface area contributed by atoms with Crippen LogP contribution in [0.3, 0.4) is 0 Å². The van der Waals surface area contributed by atoms with Crippen molar-refractivity contribution in [2.45, 2.75) is 38.3 Å². The molecule has 2 N–H and O–H groups in total. The van der Waals surface area contributed by atoms with Gasteiger partial charge in [-0.25, -0.2) is 0 Å². The van der Waals surface area contributed by atoms with Crippen molar-refractivity contribution < 1.29 is 14.6 Å². The quantitative estimate of drug-likeness (QED) is 0.567. The minimum Gasteiger partial charge on any atom is -0.389 e. The number of nitrogens with one attached hydrogen (secondary N) is 1. The summed E-state index contributed by atoms with van der Waals surface area (Å²) < 4.78 is 10.2. The molecular formula is C14H30N2O3.